The SMILES string of the molecule is [2H]C([2H])([2H])N1[CH-]N(c2[c-]c(Oc3[c-]c4c(-c5cc(C(C)(C)C)ccn5)cc5c(ccc6ccsc65)c4s3)ccc2)C(C)=C1C.[Pt]. The molecule has 0 atom stereocenters. The summed E-state index contributed by atoms with van der Waals surface area (Å²) in [5.74, 6) is 0.524. The Bertz CT molecular complexity index is 2110. The average molecular weight is 771 g/mol. The van der Waals surface area contributed by atoms with Crippen LogP contribution in [0.15, 0.2) is 77.6 Å². The van der Waals surface area contributed by atoms with Crippen molar-refractivity contribution < 1.29 is 29.9 Å². The molecule has 4 nitrogen and oxygen atoms in total. The smallest absolute Gasteiger partial charge is 0.107 e. The van der Waals surface area contributed by atoms with Gasteiger partial charge in [-0.25, -0.2) is 0 Å². The van der Waals surface area contributed by atoms with Gasteiger partial charge in [0.05, 0.1) is 0 Å². The Kier molecular flexibility index (Phi) is 6.53. The van der Waals surface area contributed by atoms with E-state index in [1.165, 1.54) is 25.9 Å². The summed E-state index contributed by atoms with van der Waals surface area (Å²) in [6, 6.07) is 25.6. The van der Waals surface area contributed by atoms with E-state index in [4.69, 9.17) is 13.8 Å². The summed E-state index contributed by atoms with van der Waals surface area (Å²) in [5, 5.41) is 7.31. The number of anilines is 1. The summed E-state index contributed by atoms with van der Waals surface area (Å²) in [6.07, 6.45) is 1.89. The summed E-state index contributed by atoms with van der Waals surface area (Å²) < 4.78 is 32.4. The normalized spacial score (nSPS) is 15.3. The predicted molar refractivity (Wildman–Crippen MR) is 174 cm³/mol. The minimum atomic E-state index is -2.27. The molecule has 6 aromatic rings. The zero-order chi connectivity index (χ0) is 31.0. The topological polar surface area (TPSA) is 28.6 Å². The molecular weight excluding hydrogens is 738 g/mol. The van der Waals surface area contributed by atoms with Crippen LogP contribution in [0.2, 0.25) is 0 Å². The first-order valence-corrected chi connectivity index (χ1v) is 15.1. The van der Waals surface area contributed by atoms with Gasteiger partial charge in [0, 0.05) is 53.2 Å². The molecule has 1 aliphatic rings. The fourth-order valence-corrected chi connectivity index (χ4v) is 7.17. The van der Waals surface area contributed by atoms with Gasteiger partial charge in [0.1, 0.15) is 5.06 Å². The van der Waals surface area contributed by atoms with Crippen LogP contribution in [-0.2, 0) is 26.5 Å². The fourth-order valence-electron chi connectivity index (χ4n) is 5.23. The number of allylic oxidation sites excluding steroid dienone is 2. The number of hydrogen-bond donors (Lipinski definition) is 0. The summed E-state index contributed by atoms with van der Waals surface area (Å²) in [4.78, 5) is 7.95. The van der Waals surface area contributed by atoms with E-state index in [1.807, 2.05) is 43.1 Å². The van der Waals surface area contributed by atoms with Crippen LogP contribution >= 0.6 is 22.7 Å². The molecule has 7 rings (SSSR count). The molecular formula is C35H30N3OPtS2-3. The number of nitrogens with zero attached hydrogens (tertiary/aromatic N) is 3. The molecule has 0 aliphatic carbocycles. The number of benzene rings is 3. The van der Waals surface area contributed by atoms with Gasteiger partial charge in [0.25, 0.3) is 0 Å². The van der Waals surface area contributed by atoms with Crippen molar-refractivity contribution in [3.05, 3.63) is 102 Å². The molecule has 0 bridgehead atoms. The van der Waals surface area contributed by atoms with Gasteiger partial charge in [-0.15, -0.1) is 47.4 Å². The molecule has 3 aromatic carbocycles. The third-order valence-corrected chi connectivity index (χ3v) is 9.67. The van der Waals surface area contributed by atoms with E-state index >= 15 is 0 Å². The van der Waals surface area contributed by atoms with Gasteiger partial charge in [0.15, 0.2) is 0 Å². The molecule has 4 heterocycles. The number of rotatable bonds is 4. The number of pyridine rings is 1. The zero-order valence-electron chi connectivity index (χ0n) is 26.8. The largest absolute Gasteiger partial charge is 0.508 e. The Balaban J connectivity index is 0.00000357. The van der Waals surface area contributed by atoms with E-state index in [1.54, 1.807) is 29.3 Å². The van der Waals surface area contributed by atoms with Gasteiger partial charge in [-0.3, -0.25) is 4.98 Å². The number of hydrogen-bond acceptors (Lipinski definition) is 6. The van der Waals surface area contributed by atoms with Crippen molar-refractivity contribution in [3.8, 4) is 22.1 Å². The van der Waals surface area contributed by atoms with Crippen LogP contribution in [0.1, 0.15) is 44.3 Å². The minimum absolute atomic E-state index is 0. The molecule has 0 N–H and O–H groups in total. The average Bonchev–Trinajstić information content (AvgIpc) is 3.70. The van der Waals surface area contributed by atoms with Crippen molar-refractivity contribution in [2.45, 2.75) is 40.0 Å². The van der Waals surface area contributed by atoms with Gasteiger partial charge in [-0.2, -0.15) is 29.5 Å². The fraction of sp³-hybridized carbons (Fsp3) is 0.200. The third-order valence-electron chi connectivity index (χ3n) is 7.71. The first kappa shape index (κ1) is 25.3. The van der Waals surface area contributed by atoms with Crippen LogP contribution in [0.4, 0.5) is 5.69 Å². The van der Waals surface area contributed by atoms with Gasteiger partial charge >= 0.3 is 0 Å². The van der Waals surface area contributed by atoms with Gasteiger partial charge in [-0.1, -0.05) is 48.6 Å². The van der Waals surface area contributed by atoms with Gasteiger partial charge in [-0.05, 0) is 71.9 Å². The quantitative estimate of drug-likeness (QED) is 0.167. The van der Waals surface area contributed by atoms with Crippen LogP contribution in [0.25, 0.3) is 42.2 Å². The molecule has 7 heteroatoms. The number of aromatic nitrogens is 1. The summed E-state index contributed by atoms with van der Waals surface area (Å²) in [7, 11) is 0. The first-order chi connectivity index (χ1) is 20.9. The maximum atomic E-state index is 7.89. The van der Waals surface area contributed by atoms with E-state index in [0.717, 1.165) is 32.4 Å². The van der Waals surface area contributed by atoms with Crippen LogP contribution in [0.3, 0.4) is 0 Å². The van der Waals surface area contributed by atoms with Crippen molar-refractivity contribution >= 4 is 59.3 Å². The molecule has 0 fully saturated rings. The Labute approximate surface area is 273 Å². The third kappa shape index (κ3) is 4.94. The second-order valence-corrected chi connectivity index (χ2v) is 13.3. The van der Waals surface area contributed by atoms with Crippen molar-refractivity contribution in [1.82, 2.24) is 9.88 Å². The molecule has 0 radical (unpaired) electrons. The van der Waals surface area contributed by atoms with E-state index in [0.29, 0.717) is 22.2 Å². The van der Waals surface area contributed by atoms with Crippen LogP contribution in [-0.4, -0.2) is 16.9 Å². The Morgan fingerprint density at radius 2 is 1.83 bits per heavy atom. The predicted octanol–water partition coefficient (Wildman–Crippen LogP) is 10.1. The monoisotopic (exact) mass is 770 g/mol. The Morgan fingerprint density at radius 3 is 2.62 bits per heavy atom. The molecule has 0 amide bonds. The zero-order valence-corrected chi connectivity index (χ0v) is 27.7. The molecule has 0 unspecified atom stereocenters. The van der Waals surface area contributed by atoms with Crippen molar-refractivity contribution in [3.63, 3.8) is 0 Å². The van der Waals surface area contributed by atoms with Crippen molar-refractivity contribution in [1.29, 1.82) is 0 Å². The van der Waals surface area contributed by atoms with Crippen molar-refractivity contribution in [2.24, 2.45) is 0 Å². The van der Waals surface area contributed by atoms with Gasteiger partial charge < -0.3 is 14.5 Å². The second kappa shape index (κ2) is 10.8. The van der Waals surface area contributed by atoms with E-state index in [9.17, 15) is 0 Å². The van der Waals surface area contributed by atoms with E-state index in [2.05, 4.69) is 74.7 Å². The second-order valence-electron chi connectivity index (χ2n) is 11.4. The van der Waals surface area contributed by atoms with Crippen LogP contribution in [0.5, 0.6) is 10.8 Å². The van der Waals surface area contributed by atoms with Crippen LogP contribution < -0.4 is 9.64 Å². The molecule has 216 valence electrons. The standard InChI is InChI=1S/C35H30N3OS2.Pt/c1-21-22(2)38(20-37(21)6)25-8-7-9-26(17-25)39-32-19-30-28(31-16-24(12-14-36-31)35(3,4)5)18-29-27(34(30)41-32)11-10-23-13-15-40-33(23)29;/h7-16,18,20H,1-6H3;/q-3;/i6D3;. The number of thiophene rings is 2. The van der Waals surface area contributed by atoms with Crippen molar-refractivity contribution in [2.75, 3.05) is 11.9 Å². The van der Waals surface area contributed by atoms with E-state index in [-0.39, 0.29) is 26.5 Å². The molecule has 3 aromatic heterocycles. The molecule has 0 saturated heterocycles. The maximum Gasteiger partial charge on any atom is 0.107 e. The first-order valence-electron chi connectivity index (χ1n) is 15.0. The summed E-state index contributed by atoms with van der Waals surface area (Å²) >= 11 is 3.31. The molecule has 0 saturated carbocycles. The molecule has 0 spiro atoms. The number of ether oxygens (including phenoxy) is 1. The summed E-state index contributed by atoms with van der Waals surface area (Å²) in [6.45, 7) is 9.68. The van der Waals surface area contributed by atoms with Crippen LogP contribution in [0, 0.1) is 18.8 Å². The minimum Gasteiger partial charge on any atom is -0.508 e. The van der Waals surface area contributed by atoms with Gasteiger partial charge in [0.2, 0.25) is 0 Å². The maximum absolute atomic E-state index is 7.89. The van der Waals surface area contributed by atoms with E-state index < -0.39 is 6.98 Å². The summed E-state index contributed by atoms with van der Waals surface area (Å²) in [5.41, 5.74) is 5.33. The molecule has 42 heavy (non-hydrogen) atoms. The Hall–Kier alpha value is -3.18. The molecule has 1 aliphatic heterocycles. The number of fused-ring (bicyclic) bond motifs is 5. The Morgan fingerprint density at radius 1 is 0.976 bits per heavy atom.